The first-order valence-electron chi connectivity index (χ1n) is 6.33. The van der Waals surface area contributed by atoms with E-state index in [-0.39, 0.29) is 12.4 Å². The molecule has 1 aromatic carbocycles. The van der Waals surface area contributed by atoms with E-state index in [1.54, 1.807) is 0 Å². The Labute approximate surface area is 121 Å². The minimum absolute atomic E-state index is 0. The van der Waals surface area contributed by atoms with Gasteiger partial charge in [0, 0.05) is 29.9 Å². The van der Waals surface area contributed by atoms with Crippen molar-refractivity contribution >= 4 is 29.0 Å². The Bertz CT molecular complexity index is 552. The Morgan fingerprint density at radius 2 is 1.89 bits per heavy atom. The van der Waals surface area contributed by atoms with Crippen LogP contribution in [0.15, 0.2) is 24.3 Å². The van der Waals surface area contributed by atoms with Crippen molar-refractivity contribution in [1.82, 2.24) is 9.88 Å². The predicted molar refractivity (Wildman–Crippen MR) is 85.5 cm³/mol. The van der Waals surface area contributed by atoms with Gasteiger partial charge in [-0.05, 0) is 46.1 Å². The molecule has 1 aromatic heterocycles. The quantitative estimate of drug-likeness (QED) is 0.931. The Balaban J connectivity index is 0.00000180. The lowest BCUT2D eigenvalue weighted by atomic mass is 10.1. The molecule has 0 unspecified atom stereocenters. The zero-order valence-electron chi connectivity index (χ0n) is 12.0. The van der Waals surface area contributed by atoms with Gasteiger partial charge in [0.2, 0.25) is 0 Å². The van der Waals surface area contributed by atoms with Gasteiger partial charge in [0.1, 0.15) is 0 Å². The molecule has 0 aliphatic heterocycles. The summed E-state index contributed by atoms with van der Waals surface area (Å²) >= 11 is 0. The highest BCUT2D eigenvalue weighted by atomic mass is 35.5. The second-order valence-electron chi connectivity index (χ2n) is 5.06. The van der Waals surface area contributed by atoms with Crippen molar-refractivity contribution in [2.24, 2.45) is 0 Å². The molecule has 104 valence electrons. The van der Waals surface area contributed by atoms with Crippen molar-refractivity contribution in [1.29, 1.82) is 0 Å². The van der Waals surface area contributed by atoms with Crippen LogP contribution in [0.1, 0.15) is 11.3 Å². The van der Waals surface area contributed by atoms with Crippen molar-refractivity contribution < 1.29 is 0 Å². The topological polar surface area (TPSA) is 28.2 Å². The van der Waals surface area contributed by atoms with Crippen LogP contribution in [-0.4, -0.2) is 37.1 Å². The summed E-state index contributed by atoms with van der Waals surface area (Å²) in [4.78, 5) is 6.75. The van der Waals surface area contributed by atoms with E-state index in [4.69, 9.17) is 0 Å². The van der Waals surface area contributed by atoms with Crippen molar-refractivity contribution in [2.75, 3.05) is 32.5 Å². The van der Waals surface area contributed by atoms with Gasteiger partial charge >= 0.3 is 0 Å². The van der Waals surface area contributed by atoms with E-state index in [0.717, 1.165) is 24.3 Å². The summed E-state index contributed by atoms with van der Waals surface area (Å²) in [6, 6.07) is 8.52. The smallest absolute Gasteiger partial charge is 0.0726 e. The van der Waals surface area contributed by atoms with Gasteiger partial charge < -0.3 is 10.2 Å². The van der Waals surface area contributed by atoms with E-state index in [0.29, 0.717) is 0 Å². The largest absolute Gasteiger partial charge is 0.383 e. The Morgan fingerprint density at radius 1 is 1.16 bits per heavy atom. The average Bonchev–Trinajstić information content (AvgIpc) is 2.29. The van der Waals surface area contributed by atoms with Crippen LogP contribution in [-0.2, 0) is 0 Å². The molecule has 0 aliphatic carbocycles. The Hall–Kier alpha value is -1.32. The van der Waals surface area contributed by atoms with Gasteiger partial charge in [-0.15, -0.1) is 12.4 Å². The van der Waals surface area contributed by atoms with Crippen LogP contribution in [0, 0.1) is 13.8 Å². The lowest BCUT2D eigenvalue weighted by Gasteiger charge is -2.14. The van der Waals surface area contributed by atoms with Crippen LogP contribution in [0.5, 0.6) is 0 Å². The summed E-state index contributed by atoms with van der Waals surface area (Å²) < 4.78 is 0. The number of benzene rings is 1. The summed E-state index contributed by atoms with van der Waals surface area (Å²) in [6.07, 6.45) is 0. The molecule has 0 radical (unpaired) electrons. The van der Waals surface area contributed by atoms with Crippen molar-refractivity contribution in [2.45, 2.75) is 13.8 Å². The molecule has 19 heavy (non-hydrogen) atoms. The minimum Gasteiger partial charge on any atom is -0.383 e. The first-order chi connectivity index (χ1) is 8.56. The van der Waals surface area contributed by atoms with Gasteiger partial charge in [0.15, 0.2) is 0 Å². The molecule has 0 amide bonds. The normalized spacial score (nSPS) is 10.6. The van der Waals surface area contributed by atoms with E-state index in [1.165, 1.54) is 16.6 Å². The van der Waals surface area contributed by atoms with Gasteiger partial charge in [-0.3, -0.25) is 4.98 Å². The lowest BCUT2D eigenvalue weighted by Crippen LogP contribution is -2.20. The number of hydrogen-bond acceptors (Lipinski definition) is 3. The highest BCUT2D eigenvalue weighted by Crippen LogP contribution is 2.24. The zero-order valence-corrected chi connectivity index (χ0v) is 12.8. The predicted octanol–water partition coefficient (Wildman–Crippen LogP) is 3.25. The number of hydrogen-bond donors (Lipinski definition) is 1. The van der Waals surface area contributed by atoms with E-state index in [1.807, 2.05) is 6.92 Å². The van der Waals surface area contributed by atoms with E-state index in [2.05, 4.69) is 60.5 Å². The third-order valence-electron chi connectivity index (χ3n) is 2.97. The highest BCUT2D eigenvalue weighted by Gasteiger charge is 2.04. The maximum absolute atomic E-state index is 4.57. The summed E-state index contributed by atoms with van der Waals surface area (Å²) in [5, 5.41) is 4.71. The molecule has 1 N–H and O–H groups in total. The molecule has 0 saturated heterocycles. The lowest BCUT2D eigenvalue weighted by molar-refractivity contribution is 0.425. The molecule has 0 spiro atoms. The van der Waals surface area contributed by atoms with E-state index >= 15 is 0 Å². The number of pyridine rings is 1. The number of rotatable bonds is 4. The molecular formula is C15H22ClN3. The summed E-state index contributed by atoms with van der Waals surface area (Å²) in [7, 11) is 4.17. The van der Waals surface area contributed by atoms with Crippen molar-refractivity contribution in [3.8, 4) is 0 Å². The van der Waals surface area contributed by atoms with Gasteiger partial charge in [0.25, 0.3) is 0 Å². The molecule has 0 atom stereocenters. The summed E-state index contributed by atoms with van der Waals surface area (Å²) in [5.74, 6) is 0. The molecular weight excluding hydrogens is 258 g/mol. The molecule has 1 heterocycles. The van der Waals surface area contributed by atoms with Crippen LogP contribution in [0.25, 0.3) is 10.9 Å². The van der Waals surface area contributed by atoms with Crippen LogP contribution in [0.4, 0.5) is 5.69 Å². The summed E-state index contributed by atoms with van der Waals surface area (Å²) in [5.41, 5.74) is 4.57. The first kappa shape index (κ1) is 15.7. The molecule has 4 heteroatoms. The standard InChI is InChI=1S/C15H21N3.ClH/c1-11-5-6-14-13(9-11)15(10-12(2)17-14)16-7-8-18(3)4;/h5-6,9-10H,7-8H2,1-4H3,(H,16,17);1H. The molecule has 3 nitrogen and oxygen atoms in total. The van der Waals surface area contributed by atoms with Crippen molar-refractivity contribution in [3.05, 3.63) is 35.5 Å². The average molecular weight is 280 g/mol. The third kappa shape index (κ3) is 4.08. The molecule has 0 bridgehead atoms. The number of fused-ring (bicyclic) bond motifs is 1. The van der Waals surface area contributed by atoms with Crippen LogP contribution < -0.4 is 5.32 Å². The van der Waals surface area contributed by atoms with E-state index in [9.17, 15) is 0 Å². The number of aryl methyl sites for hydroxylation is 2. The molecule has 0 aliphatic rings. The monoisotopic (exact) mass is 279 g/mol. The second-order valence-corrected chi connectivity index (χ2v) is 5.06. The fourth-order valence-corrected chi connectivity index (χ4v) is 2.03. The summed E-state index contributed by atoms with van der Waals surface area (Å²) in [6.45, 7) is 6.12. The maximum Gasteiger partial charge on any atom is 0.0726 e. The van der Waals surface area contributed by atoms with Gasteiger partial charge in [-0.25, -0.2) is 0 Å². The number of likely N-dealkylation sites (N-methyl/N-ethyl adjacent to an activating group) is 1. The molecule has 0 saturated carbocycles. The molecule has 0 fully saturated rings. The maximum atomic E-state index is 4.57. The first-order valence-corrected chi connectivity index (χ1v) is 6.33. The fraction of sp³-hybridized carbons (Fsp3) is 0.400. The third-order valence-corrected chi connectivity index (χ3v) is 2.97. The van der Waals surface area contributed by atoms with Crippen LogP contribution >= 0.6 is 12.4 Å². The number of nitrogens with one attached hydrogen (secondary N) is 1. The van der Waals surface area contributed by atoms with Crippen molar-refractivity contribution in [3.63, 3.8) is 0 Å². The van der Waals surface area contributed by atoms with Crippen LogP contribution in [0.3, 0.4) is 0 Å². The SMILES string of the molecule is Cc1ccc2nc(C)cc(NCCN(C)C)c2c1.Cl. The second kappa shape index (κ2) is 6.73. The number of aromatic nitrogens is 1. The molecule has 2 aromatic rings. The molecule has 2 rings (SSSR count). The fourth-order valence-electron chi connectivity index (χ4n) is 2.03. The minimum atomic E-state index is 0. The van der Waals surface area contributed by atoms with Crippen LogP contribution in [0.2, 0.25) is 0 Å². The Morgan fingerprint density at radius 3 is 2.58 bits per heavy atom. The highest BCUT2D eigenvalue weighted by molar-refractivity contribution is 5.91. The van der Waals surface area contributed by atoms with Gasteiger partial charge in [0.05, 0.1) is 5.52 Å². The van der Waals surface area contributed by atoms with E-state index < -0.39 is 0 Å². The van der Waals surface area contributed by atoms with Gasteiger partial charge in [-0.1, -0.05) is 11.6 Å². The Kier molecular flexibility index (Phi) is 5.58. The zero-order chi connectivity index (χ0) is 13.1. The number of anilines is 1. The number of nitrogens with zero attached hydrogens (tertiary/aromatic N) is 2. The van der Waals surface area contributed by atoms with Gasteiger partial charge in [-0.2, -0.15) is 0 Å². The number of halogens is 1.